The molecule has 0 fully saturated rings. The molecule has 2 atom stereocenters. The molecule has 1 aliphatic rings. The van der Waals surface area contributed by atoms with Crippen LogP contribution in [0.5, 0.6) is 11.5 Å². The number of fused-ring (bicyclic) bond motifs is 1. The van der Waals surface area contributed by atoms with Gasteiger partial charge in [-0.25, -0.2) is 4.79 Å². The van der Waals surface area contributed by atoms with Gasteiger partial charge in [0.15, 0.2) is 0 Å². The summed E-state index contributed by atoms with van der Waals surface area (Å²) in [4.78, 5) is 26.4. The van der Waals surface area contributed by atoms with Crippen LogP contribution < -0.4 is 24.2 Å². The fourth-order valence-electron chi connectivity index (χ4n) is 4.12. The van der Waals surface area contributed by atoms with Crippen molar-refractivity contribution in [2.24, 2.45) is 5.92 Å². The summed E-state index contributed by atoms with van der Waals surface area (Å²) >= 11 is 1.07. The second-order valence-corrected chi connectivity index (χ2v) is 8.45. The van der Waals surface area contributed by atoms with Crippen molar-refractivity contribution in [2.75, 3.05) is 21.3 Å². The van der Waals surface area contributed by atoms with Crippen LogP contribution in [0.3, 0.4) is 0 Å². The van der Waals surface area contributed by atoms with Gasteiger partial charge in [-0.2, -0.15) is 5.26 Å². The number of nitriles is 1. The Labute approximate surface area is 199 Å². The number of thiazole rings is 1. The SMILES string of the molecule is COC(=O)C1=c2s/c(=C/c3ccccc3OC)c(=O)n2C(=N)C(C#N)C1c1ccccc1OC. The number of nitrogens with one attached hydrogen (secondary N) is 1. The van der Waals surface area contributed by atoms with Crippen molar-refractivity contribution in [1.82, 2.24) is 4.57 Å². The molecule has 0 bridgehead atoms. The van der Waals surface area contributed by atoms with E-state index in [9.17, 15) is 14.9 Å². The van der Waals surface area contributed by atoms with E-state index in [1.54, 1.807) is 42.5 Å². The zero-order valence-electron chi connectivity index (χ0n) is 18.7. The maximum Gasteiger partial charge on any atom is 0.337 e. The first kappa shape index (κ1) is 23.0. The van der Waals surface area contributed by atoms with E-state index < -0.39 is 23.4 Å². The average molecular weight is 476 g/mol. The molecule has 4 rings (SSSR count). The van der Waals surface area contributed by atoms with Crippen LogP contribution in [0.4, 0.5) is 0 Å². The van der Waals surface area contributed by atoms with Gasteiger partial charge in [0.25, 0.3) is 5.56 Å². The molecule has 1 aliphatic heterocycles. The molecule has 1 N–H and O–H groups in total. The Morgan fingerprint density at radius 1 is 1.09 bits per heavy atom. The number of para-hydroxylation sites is 2. The number of hydrogen-bond acceptors (Lipinski definition) is 8. The molecular weight excluding hydrogens is 454 g/mol. The molecule has 0 aliphatic carbocycles. The van der Waals surface area contributed by atoms with E-state index in [0.717, 1.165) is 15.9 Å². The Kier molecular flexibility index (Phi) is 6.34. The quantitative estimate of drug-likeness (QED) is 0.563. The molecule has 9 heteroatoms. The number of benzene rings is 2. The minimum atomic E-state index is -1.11. The Morgan fingerprint density at radius 2 is 1.74 bits per heavy atom. The van der Waals surface area contributed by atoms with Gasteiger partial charge in [-0.05, 0) is 18.2 Å². The Hall–Kier alpha value is -4.16. The van der Waals surface area contributed by atoms with E-state index in [4.69, 9.17) is 19.6 Å². The summed E-state index contributed by atoms with van der Waals surface area (Å²) in [5, 5.41) is 18.8. The molecule has 2 heterocycles. The average Bonchev–Trinajstić information content (AvgIpc) is 3.19. The van der Waals surface area contributed by atoms with Crippen molar-refractivity contribution in [2.45, 2.75) is 5.92 Å². The summed E-state index contributed by atoms with van der Waals surface area (Å²) < 4.78 is 17.6. The Bertz CT molecular complexity index is 1510. The number of carbonyl (C=O) groups excluding carboxylic acids is 1. The van der Waals surface area contributed by atoms with Crippen LogP contribution in [0, 0.1) is 22.7 Å². The predicted octanol–water partition coefficient (Wildman–Crippen LogP) is 1.84. The van der Waals surface area contributed by atoms with E-state index in [-0.39, 0.29) is 16.1 Å². The molecule has 34 heavy (non-hydrogen) atoms. The fraction of sp³-hybridized carbons (Fsp3) is 0.200. The van der Waals surface area contributed by atoms with Gasteiger partial charge in [0.05, 0.1) is 37.5 Å². The number of rotatable bonds is 5. The third-order valence-corrected chi connectivity index (χ3v) is 6.79. The zero-order chi connectivity index (χ0) is 24.4. The Balaban J connectivity index is 2.11. The third-order valence-electron chi connectivity index (χ3n) is 5.68. The molecule has 0 saturated heterocycles. The number of hydrogen-bond donors (Lipinski definition) is 1. The van der Waals surface area contributed by atoms with Crippen molar-refractivity contribution < 1.29 is 19.0 Å². The van der Waals surface area contributed by atoms with Gasteiger partial charge in [0.1, 0.15) is 27.9 Å². The minimum Gasteiger partial charge on any atom is -0.496 e. The van der Waals surface area contributed by atoms with Crippen LogP contribution >= 0.6 is 11.3 Å². The van der Waals surface area contributed by atoms with Gasteiger partial charge < -0.3 is 14.2 Å². The van der Waals surface area contributed by atoms with Crippen LogP contribution in [-0.4, -0.2) is 37.7 Å². The van der Waals surface area contributed by atoms with Crippen LogP contribution in [0.25, 0.3) is 11.6 Å². The molecule has 0 radical (unpaired) electrons. The highest BCUT2D eigenvalue weighted by molar-refractivity contribution is 7.07. The van der Waals surface area contributed by atoms with Crippen LogP contribution in [-0.2, 0) is 9.53 Å². The van der Waals surface area contributed by atoms with E-state index in [1.165, 1.54) is 21.3 Å². The molecule has 0 amide bonds. The largest absolute Gasteiger partial charge is 0.496 e. The first-order valence-corrected chi connectivity index (χ1v) is 11.1. The van der Waals surface area contributed by atoms with Crippen LogP contribution in [0.1, 0.15) is 17.0 Å². The number of aromatic nitrogens is 1. The Morgan fingerprint density at radius 3 is 2.38 bits per heavy atom. The first-order chi connectivity index (χ1) is 16.5. The number of esters is 1. The van der Waals surface area contributed by atoms with Crippen molar-refractivity contribution in [3.63, 3.8) is 0 Å². The summed E-state index contributed by atoms with van der Waals surface area (Å²) in [6, 6.07) is 16.3. The highest BCUT2D eigenvalue weighted by atomic mass is 32.1. The molecule has 2 unspecified atom stereocenters. The summed E-state index contributed by atoms with van der Waals surface area (Å²) in [5.41, 5.74) is 0.877. The highest BCUT2D eigenvalue weighted by Gasteiger charge is 2.42. The maximum atomic E-state index is 13.4. The minimum absolute atomic E-state index is 0.135. The molecule has 3 aromatic rings. The van der Waals surface area contributed by atoms with Gasteiger partial charge in [-0.3, -0.25) is 14.8 Å². The standard InChI is InChI=1S/C25H21N3O5S/c1-31-17-10-6-4-8-14(17)12-19-23(29)28-22(27)16(13-26)20(15-9-5-7-11-18(15)32-2)21(24(28)34-19)25(30)33-3/h4-12,16,20,27H,1-3H3/b19-12+,27-22?. The lowest BCUT2D eigenvalue weighted by molar-refractivity contribution is -0.134. The van der Waals surface area contributed by atoms with Crippen molar-refractivity contribution in [1.29, 1.82) is 10.7 Å². The molecular formula is C25H21N3O5S. The monoisotopic (exact) mass is 475 g/mol. The molecule has 0 saturated carbocycles. The smallest absolute Gasteiger partial charge is 0.337 e. The summed E-state index contributed by atoms with van der Waals surface area (Å²) in [7, 11) is 4.27. The molecule has 172 valence electrons. The molecule has 0 spiro atoms. The van der Waals surface area contributed by atoms with E-state index in [0.29, 0.717) is 27.2 Å². The van der Waals surface area contributed by atoms with E-state index in [1.807, 2.05) is 12.1 Å². The number of carbonyl (C=O) groups is 1. The van der Waals surface area contributed by atoms with Crippen molar-refractivity contribution in [3.8, 4) is 17.6 Å². The lowest BCUT2D eigenvalue weighted by Gasteiger charge is -2.29. The van der Waals surface area contributed by atoms with Gasteiger partial charge >= 0.3 is 5.97 Å². The fourth-order valence-corrected chi connectivity index (χ4v) is 5.29. The molecule has 8 nitrogen and oxygen atoms in total. The van der Waals surface area contributed by atoms with E-state index in [2.05, 4.69) is 6.07 Å². The van der Waals surface area contributed by atoms with Gasteiger partial charge in [0, 0.05) is 17.0 Å². The lowest BCUT2D eigenvalue weighted by Crippen LogP contribution is -2.47. The molecule has 2 aromatic carbocycles. The molecule has 1 aromatic heterocycles. The summed E-state index contributed by atoms with van der Waals surface area (Å²) in [6.45, 7) is 0. The second-order valence-electron chi connectivity index (χ2n) is 7.42. The topological polar surface area (TPSA) is 114 Å². The normalized spacial score (nSPS) is 17.6. The van der Waals surface area contributed by atoms with Gasteiger partial charge in [0.2, 0.25) is 0 Å². The predicted molar refractivity (Wildman–Crippen MR) is 128 cm³/mol. The summed E-state index contributed by atoms with van der Waals surface area (Å²) in [6.07, 6.45) is 1.65. The van der Waals surface area contributed by atoms with E-state index >= 15 is 0 Å². The van der Waals surface area contributed by atoms with Gasteiger partial charge in [-0.1, -0.05) is 36.4 Å². The van der Waals surface area contributed by atoms with Crippen LogP contribution in [0.15, 0.2) is 53.3 Å². The third kappa shape index (κ3) is 3.68. The zero-order valence-corrected chi connectivity index (χ0v) is 19.5. The maximum absolute atomic E-state index is 13.4. The van der Waals surface area contributed by atoms with Crippen molar-refractivity contribution in [3.05, 3.63) is 79.2 Å². The number of nitrogens with zero attached hydrogens (tertiary/aromatic N) is 2. The first-order valence-electron chi connectivity index (χ1n) is 10.3. The number of methoxy groups -OCH3 is 3. The second kappa shape index (κ2) is 9.37. The number of ether oxygens (including phenoxy) is 3. The summed E-state index contributed by atoms with van der Waals surface area (Å²) in [5.74, 6) is -1.80. The van der Waals surface area contributed by atoms with Crippen molar-refractivity contribution >= 4 is 34.8 Å². The lowest BCUT2D eigenvalue weighted by atomic mass is 9.78. The van der Waals surface area contributed by atoms with Crippen LogP contribution in [0.2, 0.25) is 0 Å². The van der Waals surface area contributed by atoms with Gasteiger partial charge in [-0.15, -0.1) is 11.3 Å². The highest BCUT2D eigenvalue weighted by Crippen LogP contribution is 2.40.